The molecule has 1 aromatic heterocycles. The number of nitrogens with one attached hydrogen (secondary N) is 2. The normalized spacial score (nSPS) is 19.2. The number of halogens is 2. The molecule has 0 spiro atoms. The number of nitrogens with two attached hydrogens (primary N) is 1. The van der Waals surface area contributed by atoms with Crippen LogP contribution in [0, 0.1) is 18.6 Å². The maximum absolute atomic E-state index is 13.7. The molecule has 2 heterocycles. The summed E-state index contributed by atoms with van der Waals surface area (Å²) in [4.78, 5) is 43.3. The number of carbonyl (C=O) groups is 3. The van der Waals surface area contributed by atoms with Crippen molar-refractivity contribution in [1.82, 2.24) is 19.8 Å². The molecule has 1 aliphatic carbocycles. The van der Waals surface area contributed by atoms with E-state index in [9.17, 15) is 23.2 Å². The average molecular weight is 598 g/mol. The van der Waals surface area contributed by atoms with Crippen LogP contribution in [0.5, 0.6) is 0 Å². The molecule has 42 heavy (non-hydrogen) atoms. The van der Waals surface area contributed by atoms with E-state index < -0.39 is 17.5 Å². The van der Waals surface area contributed by atoms with Crippen molar-refractivity contribution in [3.05, 3.63) is 69.7 Å². The Kier molecular flexibility index (Phi) is 9.07. The number of hydrogen-bond donors (Lipinski definition) is 3. The summed E-state index contributed by atoms with van der Waals surface area (Å²) in [6, 6.07) is 8.17. The molecule has 1 saturated carbocycles. The van der Waals surface area contributed by atoms with E-state index in [0.29, 0.717) is 60.1 Å². The van der Waals surface area contributed by atoms with Gasteiger partial charge >= 0.3 is 0 Å². The zero-order chi connectivity index (χ0) is 29.8. The lowest BCUT2D eigenvalue weighted by Crippen LogP contribution is -2.40. The Morgan fingerprint density at radius 3 is 2.36 bits per heavy atom. The molecule has 1 saturated heterocycles. The van der Waals surface area contributed by atoms with Crippen molar-refractivity contribution in [2.45, 2.75) is 51.1 Å². The summed E-state index contributed by atoms with van der Waals surface area (Å²) < 4.78 is 31.3. The summed E-state index contributed by atoms with van der Waals surface area (Å²) in [7, 11) is 0. The van der Waals surface area contributed by atoms with E-state index in [1.807, 2.05) is 4.90 Å². The number of anilines is 2. The maximum atomic E-state index is 13.7. The lowest BCUT2D eigenvalue weighted by molar-refractivity contribution is 0.0765. The topological polar surface area (TPSA) is 134 Å². The first-order valence-corrected chi connectivity index (χ1v) is 14.8. The van der Waals surface area contributed by atoms with Gasteiger partial charge in [0.2, 0.25) is 0 Å². The SMILES string of the molecule is Cc1nnsc1C(=O)Nc1cc(C(=O)NC2CCC(N)CC2)ccc1N1CCCN(C(=O)c2cc(F)cc(F)c2)CC1. The van der Waals surface area contributed by atoms with Gasteiger partial charge in [0.05, 0.1) is 17.1 Å². The van der Waals surface area contributed by atoms with E-state index >= 15 is 0 Å². The Balaban J connectivity index is 1.36. The highest BCUT2D eigenvalue weighted by Crippen LogP contribution is 2.30. The van der Waals surface area contributed by atoms with Crippen LogP contribution in [0.1, 0.15) is 68.2 Å². The van der Waals surface area contributed by atoms with Crippen LogP contribution in [0.4, 0.5) is 20.2 Å². The smallest absolute Gasteiger partial charge is 0.269 e. The van der Waals surface area contributed by atoms with Crippen molar-refractivity contribution in [2.75, 3.05) is 36.4 Å². The van der Waals surface area contributed by atoms with E-state index in [0.717, 1.165) is 55.4 Å². The minimum atomic E-state index is -0.808. The summed E-state index contributed by atoms with van der Waals surface area (Å²) in [6.45, 7) is 3.35. The maximum Gasteiger partial charge on any atom is 0.269 e. The molecule has 0 radical (unpaired) electrons. The number of carbonyl (C=O) groups excluding carboxylic acids is 3. The van der Waals surface area contributed by atoms with E-state index in [4.69, 9.17) is 5.73 Å². The number of amides is 3. The molecule has 0 bridgehead atoms. The molecule has 3 amide bonds. The third-order valence-corrected chi connectivity index (χ3v) is 8.53. The summed E-state index contributed by atoms with van der Waals surface area (Å²) in [5, 5.41) is 9.95. The lowest BCUT2D eigenvalue weighted by atomic mass is 9.91. The molecule has 2 aromatic carbocycles. The fourth-order valence-electron chi connectivity index (χ4n) is 5.43. The minimum absolute atomic E-state index is 0.0432. The van der Waals surface area contributed by atoms with Gasteiger partial charge in [-0.05, 0) is 80.9 Å². The van der Waals surface area contributed by atoms with E-state index in [1.54, 1.807) is 30.0 Å². The van der Waals surface area contributed by atoms with Gasteiger partial charge in [0.15, 0.2) is 0 Å². The second-order valence-electron chi connectivity index (χ2n) is 10.7. The number of hydrogen-bond acceptors (Lipinski definition) is 8. The van der Waals surface area contributed by atoms with Crippen LogP contribution in [-0.4, -0.2) is 70.5 Å². The van der Waals surface area contributed by atoms with Crippen LogP contribution in [0.15, 0.2) is 36.4 Å². The Hall–Kier alpha value is -3.97. The lowest BCUT2D eigenvalue weighted by Gasteiger charge is -2.28. The number of aryl methyl sites for hydroxylation is 1. The molecule has 222 valence electrons. The Bertz CT molecular complexity index is 1450. The summed E-state index contributed by atoms with van der Waals surface area (Å²) in [5.74, 6) is -2.69. The van der Waals surface area contributed by atoms with Gasteiger partial charge in [-0.25, -0.2) is 8.78 Å². The highest BCUT2D eigenvalue weighted by atomic mass is 32.1. The monoisotopic (exact) mass is 597 g/mol. The fourth-order valence-corrected chi connectivity index (χ4v) is 5.98. The predicted molar refractivity (Wildman–Crippen MR) is 156 cm³/mol. The number of aromatic nitrogens is 2. The van der Waals surface area contributed by atoms with Crippen molar-refractivity contribution in [3.8, 4) is 0 Å². The van der Waals surface area contributed by atoms with Gasteiger partial charge in [-0.3, -0.25) is 14.4 Å². The number of nitrogens with zero attached hydrogens (tertiary/aromatic N) is 4. The molecule has 3 aromatic rings. The third kappa shape index (κ3) is 6.90. The van der Waals surface area contributed by atoms with Crippen LogP contribution in [0.3, 0.4) is 0 Å². The molecule has 4 N–H and O–H groups in total. The first-order chi connectivity index (χ1) is 20.2. The van der Waals surface area contributed by atoms with E-state index in [1.165, 1.54) is 0 Å². The Labute approximate surface area is 246 Å². The van der Waals surface area contributed by atoms with Gasteiger partial charge in [0, 0.05) is 55.5 Å². The largest absolute Gasteiger partial charge is 0.368 e. The van der Waals surface area contributed by atoms with Crippen molar-refractivity contribution >= 4 is 40.6 Å². The molecule has 2 aliphatic rings. The highest BCUT2D eigenvalue weighted by molar-refractivity contribution is 7.08. The molecular weight excluding hydrogens is 564 g/mol. The van der Waals surface area contributed by atoms with Crippen molar-refractivity contribution in [2.24, 2.45) is 5.73 Å². The first kappa shape index (κ1) is 29.5. The molecule has 10 nitrogen and oxygen atoms in total. The Morgan fingerprint density at radius 1 is 0.929 bits per heavy atom. The van der Waals surface area contributed by atoms with E-state index in [-0.39, 0.29) is 29.5 Å². The molecule has 5 rings (SSSR count). The standard InChI is InChI=1S/C29H33F2N7O3S/c1-17-26(42-36-35-17)28(40)34-24-15-18(27(39)33-23-6-4-22(32)5-7-23)3-8-25(24)37-9-2-10-38(12-11-37)29(41)19-13-20(30)16-21(31)14-19/h3,8,13-16,22-23H,2,4-7,9-12,32H2,1H3,(H,33,39)(H,34,40). The van der Waals surface area contributed by atoms with Crippen LogP contribution in [0.25, 0.3) is 0 Å². The molecular formula is C29H33F2N7O3S. The van der Waals surface area contributed by atoms with Gasteiger partial charge in [0.25, 0.3) is 17.7 Å². The predicted octanol–water partition coefficient (Wildman–Crippen LogP) is 3.73. The van der Waals surface area contributed by atoms with Crippen LogP contribution in [0.2, 0.25) is 0 Å². The van der Waals surface area contributed by atoms with Gasteiger partial charge in [-0.2, -0.15) is 0 Å². The molecule has 2 fully saturated rings. The second kappa shape index (κ2) is 12.9. The molecule has 13 heteroatoms. The highest BCUT2D eigenvalue weighted by Gasteiger charge is 2.25. The van der Waals surface area contributed by atoms with Crippen LogP contribution in [-0.2, 0) is 0 Å². The quantitative estimate of drug-likeness (QED) is 0.394. The van der Waals surface area contributed by atoms with Gasteiger partial charge in [-0.15, -0.1) is 5.10 Å². The number of benzene rings is 2. The average Bonchev–Trinajstić information content (AvgIpc) is 3.25. The van der Waals surface area contributed by atoms with E-state index in [2.05, 4.69) is 20.2 Å². The van der Waals surface area contributed by atoms with Crippen LogP contribution >= 0.6 is 11.5 Å². The minimum Gasteiger partial charge on any atom is -0.368 e. The zero-order valence-corrected chi connectivity index (χ0v) is 24.1. The summed E-state index contributed by atoms with van der Waals surface area (Å²) in [6.07, 6.45) is 3.93. The first-order valence-electron chi connectivity index (χ1n) is 14.0. The van der Waals surface area contributed by atoms with Gasteiger partial charge in [-0.1, -0.05) is 4.49 Å². The molecule has 0 unspecified atom stereocenters. The van der Waals surface area contributed by atoms with Gasteiger partial charge < -0.3 is 26.2 Å². The van der Waals surface area contributed by atoms with Gasteiger partial charge in [0.1, 0.15) is 16.5 Å². The second-order valence-corrected chi connectivity index (χ2v) is 11.5. The third-order valence-electron chi connectivity index (χ3n) is 7.71. The summed E-state index contributed by atoms with van der Waals surface area (Å²) >= 11 is 0.985. The Morgan fingerprint density at radius 2 is 1.67 bits per heavy atom. The van der Waals surface area contributed by atoms with Crippen molar-refractivity contribution in [1.29, 1.82) is 0 Å². The molecule has 0 atom stereocenters. The van der Waals surface area contributed by atoms with Crippen molar-refractivity contribution < 1.29 is 23.2 Å². The number of rotatable bonds is 6. The summed E-state index contributed by atoms with van der Waals surface area (Å²) in [5.41, 5.74) is 7.99. The zero-order valence-electron chi connectivity index (χ0n) is 23.2. The fraction of sp³-hybridized carbons (Fsp3) is 0.414. The van der Waals surface area contributed by atoms with Crippen LogP contribution < -0.4 is 21.3 Å². The van der Waals surface area contributed by atoms with Crippen molar-refractivity contribution in [3.63, 3.8) is 0 Å². The molecule has 1 aliphatic heterocycles.